The Morgan fingerprint density at radius 2 is 2.15 bits per heavy atom. The molecule has 0 spiro atoms. The number of imidazole rings is 1. The predicted octanol–water partition coefficient (Wildman–Crippen LogP) is 1.08. The fraction of sp³-hybridized carbons (Fsp3) is 0.444. The molecule has 138 valence electrons. The van der Waals surface area contributed by atoms with Crippen LogP contribution in [0.5, 0.6) is 5.88 Å². The zero-order chi connectivity index (χ0) is 18.8. The van der Waals surface area contributed by atoms with Crippen molar-refractivity contribution in [2.45, 2.75) is 19.4 Å². The summed E-state index contributed by atoms with van der Waals surface area (Å²) in [6.45, 7) is 2.19. The monoisotopic (exact) mass is 357 g/mol. The molecule has 3 rings (SSSR count). The number of hydrogen-bond donors (Lipinski definition) is 1. The fourth-order valence-electron chi connectivity index (χ4n) is 3.38. The molecule has 2 aromatic heterocycles. The Morgan fingerprint density at radius 3 is 2.81 bits per heavy atom. The van der Waals surface area contributed by atoms with Gasteiger partial charge in [0.1, 0.15) is 5.82 Å². The van der Waals surface area contributed by atoms with Gasteiger partial charge < -0.3 is 19.5 Å². The Hall–Kier alpha value is -2.90. The van der Waals surface area contributed by atoms with Gasteiger partial charge in [0.15, 0.2) is 0 Å². The van der Waals surface area contributed by atoms with Crippen LogP contribution in [0.3, 0.4) is 0 Å². The highest BCUT2D eigenvalue weighted by Crippen LogP contribution is 2.35. The molecule has 1 saturated heterocycles. The Morgan fingerprint density at radius 1 is 1.38 bits per heavy atom. The van der Waals surface area contributed by atoms with Crippen LogP contribution in [0.1, 0.15) is 34.3 Å². The maximum absolute atomic E-state index is 12.5. The first-order chi connectivity index (χ1) is 12.4. The molecule has 3 heterocycles. The lowest BCUT2D eigenvalue weighted by Crippen LogP contribution is -2.33. The quantitative estimate of drug-likeness (QED) is 0.865. The number of aromatic nitrogens is 3. The second-order valence-electron chi connectivity index (χ2n) is 6.56. The van der Waals surface area contributed by atoms with E-state index < -0.39 is 0 Å². The summed E-state index contributed by atoms with van der Waals surface area (Å²) in [4.78, 5) is 35.0. The van der Waals surface area contributed by atoms with Gasteiger partial charge in [-0.05, 0) is 13.0 Å². The van der Waals surface area contributed by atoms with E-state index in [4.69, 9.17) is 4.74 Å². The van der Waals surface area contributed by atoms with Gasteiger partial charge in [-0.1, -0.05) is 0 Å². The summed E-state index contributed by atoms with van der Waals surface area (Å²) in [5.74, 6) is 1.02. The number of amides is 2. The smallest absolute Gasteiger partial charge is 0.251 e. The van der Waals surface area contributed by atoms with Crippen LogP contribution in [0.25, 0.3) is 0 Å². The van der Waals surface area contributed by atoms with Crippen molar-refractivity contribution in [1.29, 1.82) is 0 Å². The summed E-state index contributed by atoms with van der Waals surface area (Å²) in [5, 5.41) is 2.93. The summed E-state index contributed by atoms with van der Waals surface area (Å²) in [7, 11) is 5.20. The molecule has 2 atom stereocenters. The van der Waals surface area contributed by atoms with Crippen LogP contribution in [-0.2, 0) is 11.8 Å². The fourth-order valence-corrected chi connectivity index (χ4v) is 3.38. The first-order valence-corrected chi connectivity index (χ1v) is 8.44. The van der Waals surface area contributed by atoms with Gasteiger partial charge in [-0.2, -0.15) is 0 Å². The van der Waals surface area contributed by atoms with E-state index in [1.807, 2.05) is 17.8 Å². The molecular formula is C18H23N5O3. The standard InChI is InChI=1S/C18H23N5O3/c1-11-7-12(8-14(21-11)26-4)18(25)20-10-13-9-15(24)23(3)16(13)17-19-5-6-22(17)2/h5-8,13,16H,9-10H2,1-4H3,(H,20,25)/t13-,16+/m0/s1. The van der Waals surface area contributed by atoms with E-state index in [1.165, 1.54) is 7.11 Å². The molecule has 0 aliphatic carbocycles. The van der Waals surface area contributed by atoms with Gasteiger partial charge in [-0.25, -0.2) is 9.97 Å². The number of nitrogens with zero attached hydrogens (tertiary/aromatic N) is 4. The second kappa shape index (κ2) is 7.15. The summed E-state index contributed by atoms with van der Waals surface area (Å²) in [6.07, 6.45) is 3.95. The number of aryl methyl sites for hydroxylation is 2. The molecular weight excluding hydrogens is 334 g/mol. The molecule has 1 aliphatic heterocycles. The van der Waals surface area contributed by atoms with Crippen LogP contribution in [0.15, 0.2) is 24.5 Å². The van der Waals surface area contributed by atoms with E-state index in [1.54, 1.807) is 37.2 Å². The average molecular weight is 357 g/mol. The van der Waals surface area contributed by atoms with Gasteiger partial charge in [0.05, 0.1) is 13.2 Å². The molecule has 0 saturated carbocycles. The molecule has 0 aromatic carbocycles. The van der Waals surface area contributed by atoms with Crippen molar-refractivity contribution in [2.75, 3.05) is 20.7 Å². The molecule has 8 nitrogen and oxygen atoms in total. The lowest BCUT2D eigenvalue weighted by Gasteiger charge is -2.24. The number of nitrogens with one attached hydrogen (secondary N) is 1. The minimum atomic E-state index is -0.214. The molecule has 1 aliphatic rings. The number of carbonyl (C=O) groups excluding carboxylic acids is 2. The Labute approximate surface area is 152 Å². The van der Waals surface area contributed by atoms with E-state index >= 15 is 0 Å². The van der Waals surface area contributed by atoms with E-state index in [-0.39, 0.29) is 23.8 Å². The van der Waals surface area contributed by atoms with E-state index in [0.29, 0.717) is 30.1 Å². The van der Waals surface area contributed by atoms with Crippen molar-refractivity contribution < 1.29 is 14.3 Å². The van der Waals surface area contributed by atoms with Crippen LogP contribution >= 0.6 is 0 Å². The number of ether oxygens (including phenoxy) is 1. The number of hydrogen-bond acceptors (Lipinski definition) is 5. The molecule has 8 heteroatoms. The molecule has 1 fully saturated rings. The van der Waals surface area contributed by atoms with Gasteiger partial charge in [0.2, 0.25) is 11.8 Å². The third-order valence-electron chi connectivity index (χ3n) is 4.74. The van der Waals surface area contributed by atoms with Crippen LogP contribution in [0.2, 0.25) is 0 Å². The third kappa shape index (κ3) is 3.40. The molecule has 2 aromatic rings. The summed E-state index contributed by atoms with van der Waals surface area (Å²) >= 11 is 0. The van der Waals surface area contributed by atoms with Gasteiger partial charge in [0.25, 0.3) is 5.91 Å². The maximum atomic E-state index is 12.5. The highest BCUT2D eigenvalue weighted by atomic mass is 16.5. The van der Waals surface area contributed by atoms with Crippen molar-refractivity contribution in [3.05, 3.63) is 41.6 Å². The number of rotatable bonds is 5. The van der Waals surface area contributed by atoms with Crippen molar-refractivity contribution in [3.8, 4) is 5.88 Å². The molecule has 0 radical (unpaired) electrons. The van der Waals surface area contributed by atoms with Gasteiger partial charge in [-0.15, -0.1) is 0 Å². The molecule has 2 amide bonds. The van der Waals surface area contributed by atoms with Crippen LogP contribution < -0.4 is 10.1 Å². The normalized spacial score (nSPS) is 19.7. The number of pyridine rings is 1. The van der Waals surface area contributed by atoms with Crippen molar-refractivity contribution >= 4 is 11.8 Å². The topological polar surface area (TPSA) is 89.4 Å². The molecule has 1 N–H and O–H groups in total. The second-order valence-corrected chi connectivity index (χ2v) is 6.56. The van der Waals surface area contributed by atoms with E-state index in [0.717, 1.165) is 5.82 Å². The SMILES string of the molecule is COc1cc(C(=O)NC[C@@H]2CC(=O)N(C)[C@H]2c2nccn2C)cc(C)n1. The highest BCUT2D eigenvalue weighted by Gasteiger charge is 2.40. The van der Waals surface area contributed by atoms with Crippen molar-refractivity contribution in [1.82, 2.24) is 24.8 Å². The van der Waals surface area contributed by atoms with Crippen LogP contribution in [0.4, 0.5) is 0 Å². The van der Waals surface area contributed by atoms with E-state index in [9.17, 15) is 9.59 Å². The Balaban J connectivity index is 1.74. The van der Waals surface area contributed by atoms with Crippen molar-refractivity contribution in [2.24, 2.45) is 13.0 Å². The highest BCUT2D eigenvalue weighted by molar-refractivity contribution is 5.94. The lowest BCUT2D eigenvalue weighted by atomic mass is 9.99. The third-order valence-corrected chi connectivity index (χ3v) is 4.74. The summed E-state index contributed by atoms with van der Waals surface area (Å²) in [6, 6.07) is 3.15. The first-order valence-electron chi connectivity index (χ1n) is 8.44. The van der Waals surface area contributed by atoms with Crippen LogP contribution in [-0.4, -0.2) is 52.0 Å². The van der Waals surface area contributed by atoms with Gasteiger partial charge >= 0.3 is 0 Å². The predicted molar refractivity (Wildman–Crippen MR) is 94.7 cm³/mol. The van der Waals surface area contributed by atoms with Gasteiger partial charge in [-0.3, -0.25) is 9.59 Å². The minimum absolute atomic E-state index is 0.0395. The summed E-state index contributed by atoms with van der Waals surface area (Å²) in [5.41, 5.74) is 1.19. The molecule has 26 heavy (non-hydrogen) atoms. The van der Waals surface area contributed by atoms with Crippen molar-refractivity contribution in [3.63, 3.8) is 0 Å². The average Bonchev–Trinajstić information content (AvgIpc) is 3.15. The van der Waals surface area contributed by atoms with Crippen LogP contribution in [0, 0.1) is 12.8 Å². The first kappa shape index (κ1) is 17.9. The number of carbonyl (C=O) groups is 2. The van der Waals surface area contributed by atoms with Gasteiger partial charge in [0, 0.05) is 62.7 Å². The number of likely N-dealkylation sites (tertiary alicyclic amines) is 1. The number of methoxy groups -OCH3 is 1. The molecule has 0 bridgehead atoms. The minimum Gasteiger partial charge on any atom is -0.481 e. The lowest BCUT2D eigenvalue weighted by molar-refractivity contribution is -0.127. The summed E-state index contributed by atoms with van der Waals surface area (Å²) < 4.78 is 7.03. The zero-order valence-corrected chi connectivity index (χ0v) is 15.4. The largest absolute Gasteiger partial charge is 0.481 e. The van der Waals surface area contributed by atoms with E-state index in [2.05, 4.69) is 15.3 Å². The Bertz CT molecular complexity index is 832. The Kier molecular flexibility index (Phi) is 4.92. The maximum Gasteiger partial charge on any atom is 0.251 e. The zero-order valence-electron chi connectivity index (χ0n) is 15.4. The molecule has 0 unspecified atom stereocenters.